The Hall–Kier alpha value is -2.28. The van der Waals surface area contributed by atoms with E-state index in [-0.39, 0.29) is 22.6 Å². The van der Waals surface area contributed by atoms with Crippen LogP contribution in [0.3, 0.4) is 0 Å². The summed E-state index contributed by atoms with van der Waals surface area (Å²) < 4.78 is 23.6. The minimum absolute atomic E-state index is 0.0102. The van der Waals surface area contributed by atoms with Crippen LogP contribution in [0.25, 0.3) is 11.3 Å². The standard InChI is InChI=1S/C19H23N3O3S/c1-2-26(24,25)18-12-11-17(21-22-18)15-9-6-10-16(13-15)20-19(23)14-7-4-3-5-8-14/h6,9-14H,2-5,7-8H2,1H3,(H,20,23). The van der Waals surface area contributed by atoms with Crippen molar-refractivity contribution in [3.8, 4) is 11.3 Å². The highest BCUT2D eigenvalue weighted by Crippen LogP contribution is 2.26. The molecule has 0 unspecified atom stereocenters. The van der Waals surface area contributed by atoms with Gasteiger partial charge in [0.2, 0.25) is 5.91 Å². The van der Waals surface area contributed by atoms with Crippen molar-refractivity contribution in [3.63, 3.8) is 0 Å². The second-order valence-corrected chi connectivity index (χ2v) is 8.79. The second-order valence-electron chi connectivity index (χ2n) is 6.57. The summed E-state index contributed by atoms with van der Waals surface area (Å²) in [7, 11) is -3.36. The number of benzene rings is 1. The molecule has 0 bridgehead atoms. The number of carbonyl (C=O) groups is 1. The van der Waals surface area contributed by atoms with E-state index in [9.17, 15) is 13.2 Å². The van der Waals surface area contributed by atoms with E-state index in [0.29, 0.717) is 11.4 Å². The molecule has 138 valence electrons. The predicted octanol–water partition coefficient (Wildman–Crippen LogP) is 3.46. The summed E-state index contributed by atoms with van der Waals surface area (Å²) in [5, 5.41) is 10.8. The van der Waals surface area contributed by atoms with Crippen LogP contribution in [-0.2, 0) is 14.6 Å². The molecule has 1 fully saturated rings. The van der Waals surface area contributed by atoms with Crippen molar-refractivity contribution in [1.82, 2.24) is 10.2 Å². The average Bonchev–Trinajstić information content (AvgIpc) is 2.69. The van der Waals surface area contributed by atoms with Gasteiger partial charge in [-0.2, -0.15) is 0 Å². The van der Waals surface area contributed by atoms with Gasteiger partial charge in [0.15, 0.2) is 14.9 Å². The molecule has 0 spiro atoms. The summed E-state index contributed by atoms with van der Waals surface area (Å²) in [5.41, 5.74) is 2.05. The van der Waals surface area contributed by atoms with Gasteiger partial charge in [-0.3, -0.25) is 4.79 Å². The van der Waals surface area contributed by atoms with Gasteiger partial charge in [0.1, 0.15) is 0 Å². The fraction of sp³-hybridized carbons (Fsp3) is 0.421. The molecule has 26 heavy (non-hydrogen) atoms. The Kier molecular flexibility index (Phi) is 5.66. The van der Waals surface area contributed by atoms with E-state index in [1.807, 2.05) is 24.3 Å². The summed E-state index contributed by atoms with van der Waals surface area (Å²) in [4.78, 5) is 12.4. The molecule has 1 saturated carbocycles. The van der Waals surface area contributed by atoms with Gasteiger partial charge in [0, 0.05) is 17.2 Å². The number of nitrogens with one attached hydrogen (secondary N) is 1. The molecule has 1 aromatic carbocycles. The third-order valence-corrected chi connectivity index (χ3v) is 6.36. The number of hydrogen-bond donors (Lipinski definition) is 1. The first-order valence-electron chi connectivity index (χ1n) is 8.97. The maximum absolute atomic E-state index is 12.4. The summed E-state index contributed by atoms with van der Waals surface area (Å²) >= 11 is 0. The normalized spacial score (nSPS) is 15.6. The van der Waals surface area contributed by atoms with E-state index in [2.05, 4.69) is 15.5 Å². The first-order valence-corrected chi connectivity index (χ1v) is 10.6. The molecule has 0 radical (unpaired) electrons. The van der Waals surface area contributed by atoms with E-state index in [1.54, 1.807) is 13.0 Å². The highest BCUT2D eigenvalue weighted by molar-refractivity contribution is 7.91. The molecular weight excluding hydrogens is 350 g/mol. The number of sulfone groups is 1. The number of aromatic nitrogens is 2. The summed E-state index contributed by atoms with van der Waals surface area (Å²) in [5.74, 6) is 0.145. The molecule has 2 aromatic rings. The Morgan fingerprint density at radius 3 is 2.54 bits per heavy atom. The van der Waals surface area contributed by atoms with Crippen molar-refractivity contribution in [1.29, 1.82) is 0 Å². The molecule has 1 N–H and O–H groups in total. The summed E-state index contributed by atoms with van der Waals surface area (Å²) in [6.07, 6.45) is 5.33. The lowest BCUT2D eigenvalue weighted by Crippen LogP contribution is -2.24. The van der Waals surface area contributed by atoms with E-state index < -0.39 is 9.84 Å². The summed E-state index contributed by atoms with van der Waals surface area (Å²) in [6.45, 7) is 1.57. The van der Waals surface area contributed by atoms with Crippen LogP contribution in [-0.4, -0.2) is 30.3 Å². The lowest BCUT2D eigenvalue weighted by atomic mass is 9.88. The molecule has 1 aliphatic rings. The molecule has 6 nitrogen and oxygen atoms in total. The third-order valence-electron chi connectivity index (χ3n) is 4.74. The number of rotatable bonds is 5. The highest BCUT2D eigenvalue weighted by atomic mass is 32.2. The zero-order valence-corrected chi connectivity index (χ0v) is 15.6. The molecule has 1 aromatic heterocycles. The molecule has 1 amide bonds. The maximum atomic E-state index is 12.4. The zero-order chi connectivity index (χ0) is 18.6. The van der Waals surface area contributed by atoms with Gasteiger partial charge in [-0.1, -0.05) is 38.3 Å². The first-order chi connectivity index (χ1) is 12.5. The van der Waals surface area contributed by atoms with Crippen molar-refractivity contribution in [2.24, 2.45) is 5.92 Å². The SMILES string of the molecule is CCS(=O)(=O)c1ccc(-c2cccc(NC(=O)C3CCCCC3)c2)nn1. The molecule has 7 heteroatoms. The van der Waals surface area contributed by atoms with E-state index in [4.69, 9.17) is 0 Å². The van der Waals surface area contributed by atoms with Crippen LogP contribution in [0.15, 0.2) is 41.4 Å². The van der Waals surface area contributed by atoms with Gasteiger partial charge in [-0.05, 0) is 37.1 Å². The molecule has 1 heterocycles. The minimum atomic E-state index is -3.36. The van der Waals surface area contributed by atoms with Crippen LogP contribution in [0.5, 0.6) is 0 Å². The number of nitrogens with zero attached hydrogens (tertiary/aromatic N) is 2. The Labute approximate surface area is 154 Å². The Balaban J connectivity index is 1.75. The highest BCUT2D eigenvalue weighted by Gasteiger charge is 2.21. The van der Waals surface area contributed by atoms with Gasteiger partial charge in [0.05, 0.1) is 11.4 Å². The smallest absolute Gasteiger partial charge is 0.227 e. The summed E-state index contributed by atoms with van der Waals surface area (Å²) in [6, 6.07) is 10.5. The number of anilines is 1. The van der Waals surface area contributed by atoms with Crippen molar-refractivity contribution < 1.29 is 13.2 Å². The van der Waals surface area contributed by atoms with Gasteiger partial charge in [0.25, 0.3) is 0 Å². The predicted molar refractivity (Wildman–Crippen MR) is 100 cm³/mol. The molecular formula is C19H23N3O3S. The van der Waals surface area contributed by atoms with Crippen molar-refractivity contribution >= 4 is 21.4 Å². The Bertz CT molecular complexity index is 873. The lowest BCUT2D eigenvalue weighted by Gasteiger charge is -2.20. The largest absolute Gasteiger partial charge is 0.326 e. The van der Waals surface area contributed by atoms with Crippen LogP contribution in [0.4, 0.5) is 5.69 Å². The van der Waals surface area contributed by atoms with Crippen LogP contribution < -0.4 is 5.32 Å². The monoisotopic (exact) mass is 373 g/mol. The van der Waals surface area contributed by atoms with Gasteiger partial charge >= 0.3 is 0 Å². The van der Waals surface area contributed by atoms with E-state index in [1.165, 1.54) is 12.5 Å². The van der Waals surface area contributed by atoms with Crippen molar-refractivity contribution in [2.45, 2.75) is 44.1 Å². The topological polar surface area (TPSA) is 89.0 Å². The molecule has 1 aliphatic carbocycles. The van der Waals surface area contributed by atoms with Crippen molar-refractivity contribution in [2.75, 3.05) is 11.1 Å². The van der Waals surface area contributed by atoms with Crippen LogP contribution in [0.2, 0.25) is 0 Å². The van der Waals surface area contributed by atoms with E-state index in [0.717, 1.165) is 31.2 Å². The molecule has 0 saturated heterocycles. The first kappa shape index (κ1) is 18.5. The van der Waals surface area contributed by atoms with E-state index >= 15 is 0 Å². The third kappa shape index (κ3) is 4.27. The van der Waals surface area contributed by atoms with Crippen molar-refractivity contribution in [3.05, 3.63) is 36.4 Å². The zero-order valence-electron chi connectivity index (χ0n) is 14.8. The fourth-order valence-electron chi connectivity index (χ4n) is 3.15. The quantitative estimate of drug-likeness (QED) is 0.867. The second kappa shape index (κ2) is 7.95. The van der Waals surface area contributed by atoms with Crippen LogP contribution in [0.1, 0.15) is 39.0 Å². The Morgan fingerprint density at radius 1 is 1.12 bits per heavy atom. The Morgan fingerprint density at radius 2 is 1.88 bits per heavy atom. The van der Waals surface area contributed by atoms with Gasteiger partial charge in [-0.25, -0.2) is 8.42 Å². The molecule has 0 atom stereocenters. The number of amides is 1. The van der Waals surface area contributed by atoms with Crippen LogP contribution in [0, 0.1) is 5.92 Å². The van der Waals surface area contributed by atoms with Gasteiger partial charge in [-0.15, -0.1) is 10.2 Å². The van der Waals surface area contributed by atoms with Crippen LogP contribution >= 0.6 is 0 Å². The maximum Gasteiger partial charge on any atom is 0.227 e. The number of hydrogen-bond acceptors (Lipinski definition) is 5. The fourth-order valence-corrected chi connectivity index (χ4v) is 3.89. The minimum Gasteiger partial charge on any atom is -0.326 e. The molecule has 0 aliphatic heterocycles. The van der Waals surface area contributed by atoms with Gasteiger partial charge < -0.3 is 5.32 Å². The lowest BCUT2D eigenvalue weighted by molar-refractivity contribution is -0.120. The average molecular weight is 373 g/mol. The molecule has 3 rings (SSSR count). The number of carbonyl (C=O) groups excluding carboxylic acids is 1.